The molecule has 0 aliphatic carbocycles. The zero-order chi connectivity index (χ0) is 22.8. The number of benzene rings is 3. The van der Waals surface area contributed by atoms with Gasteiger partial charge in [0.2, 0.25) is 0 Å². The standard InChI is InChI=1S/C24H21ClN4O3/c1-28(2)14-15-6-8-18(9-7-15)26-23(16-4-3-5-17(25)12-16)22-20-13-19(29(31)32)10-11-21(20)27-24(22)30/h3-13,26H,14H2,1-2H3,(H,27,30)/b23-22-. The Hall–Kier alpha value is -3.68. The fourth-order valence-electron chi connectivity index (χ4n) is 3.64. The van der Waals surface area contributed by atoms with E-state index in [-0.39, 0.29) is 11.6 Å². The van der Waals surface area contributed by atoms with E-state index in [1.807, 2.05) is 44.4 Å². The topological polar surface area (TPSA) is 87.5 Å². The Morgan fingerprint density at radius 2 is 1.84 bits per heavy atom. The number of anilines is 2. The number of carbonyl (C=O) groups is 1. The van der Waals surface area contributed by atoms with Crippen LogP contribution >= 0.6 is 11.6 Å². The third kappa shape index (κ3) is 4.49. The molecule has 0 spiro atoms. The zero-order valence-corrected chi connectivity index (χ0v) is 18.3. The summed E-state index contributed by atoms with van der Waals surface area (Å²) in [5.41, 5.74) is 4.37. The van der Waals surface area contributed by atoms with E-state index in [1.54, 1.807) is 24.3 Å². The SMILES string of the molecule is CN(C)Cc1ccc(N/C(=C2\C(=O)Nc3ccc([N+](=O)[O-])cc32)c2cccc(Cl)c2)cc1. The number of nitrogens with zero attached hydrogens (tertiary/aromatic N) is 2. The summed E-state index contributed by atoms with van der Waals surface area (Å²) in [6.45, 7) is 0.808. The van der Waals surface area contributed by atoms with Gasteiger partial charge < -0.3 is 15.5 Å². The highest BCUT2D eigenvalue weighted by molar-refractivity contribution is 6.38. The number of non-ortho nitro benzene ring substituents is 1. The average Bonchev–Trinajstić information content (AvgIpc) is 3.07. The molecular formula is C24H21ClN4O3. The number of nitro groups is 1. The second kappa shape index (κ2) is 8.82. The first-order valence-electron chi connectivity index (χ1n) is 9.93. The molecule has 0 atom stereocenters. The van der Waals surface area contributed by atoms with Gasteiger partial charge in [0.05, 0.1) is 16.2 Å². The predicted octanol–water partition coefficient (Wildman–Crippen LogP) is 5.24. The maximum absolute atomic E-state index is 13.0. The summed E-state index contributed by atoms with van der Waals surface area (Å²) < 4.78 is 0. The van der Waals surface area contributed by atoms with Crippen molar-refractivity contribution in [1.82, 2.24) is 4.90 Å². The van der Waals surface area contributed by atoms with Crippen molar-refractivity contribution in [3.8, 4) is 0 Å². The van der Waals surface area contributed by atoms with Crippen LogP contribution in [0.25, 0.3) is 11.3 Å². The number of nitro benzene ring substituents is 1. The lowest BCUT2D eigenvalue weighted by Gasteiger charge is -2.16. The lowest BCUT2D eigenvalue weighted by molar-refractivity contribution is -0.384. The van der Waals surface area contributed by atoms with Gasteiger partial charge in [0.15, 0.2) is 0 Å². The van der Waals surface area contributed by atoms with Crippen molar-refractivity contribution < 1.29 is 9.72 Å². The molecule has 2 N–H and O–H groups in total. The first-order valence-corrected chi connectivity index (χ1v) is 10.3. The Kier molecular flexibility index (Phi) is 5.94. The van der Waals surface area contributed by atoms with Crippen LogP contribution in [0.3, 0.4) is 0 Å². The molecule has 0 unspecified atom stereocenters. The van der Waals surface area contributed by atoms with Gasteiger partial charge in [-0.1, -0.05) is 35.9 Å². The number of rotatable bonds is 6. The Morgan fingerprint density at radius 1 is 1.09 bits per heavy atom. The highest BCUT2D eigenvalue weighted by Crippen LogP contribution is 2.39. The van der Waals surface area contributed by atoms with E-state index < -0.39 is 4.92 Å². The Labute approximate surface area is 190 Å². The molecular weight excluding hydrogens is 428 g/mol. The molecule has 1 aliphatic heterocycles. The first-order chi connectivity index (χ1) is 15.3. The van der Waals surface area contributed by atoms with Gasteiger partial charge in [0, 0.05) is 46.2 Å². The molecule has 1 aliphatic rings. The van der Waals surface area contributed by atoms with E-state index in [4.69, 9.17) is 11.6 Å². The van der Waals surface area contributed by atoms with Gasteiger partial charge >= 0.3 is 0 Å². The van der Waals surface area contributed by atoms with Crippen LogP contribution in [0.5, 0.6) is 0 Å². The van der Waals surface area contributed by atoms with Crippen molar-refractivity contribution in [2.24, 2.45) is 0 Å². The molecule has 0 fully saturated rings. The van der Waals surface area contributed by atoms with Gasteiger partial charge in [-0.2, -0.15) is 0 Å². The lowest BCUT2D eigenvalue weighted by atomic mass is 9.99. The van der Waals surface area contributed by atoms with E-state index in [2.05, 4.69) is 15.5 Å². The van der Waals surface area contributed by atoms with Crippen LogP contribution in [-0.4, -0.2) is 29.8 Å². The largest absolute Gasteiger partial charge is 0.354 e. The summed E-state index contributed by atoms with van der Waals surface area (Å²) in [4.78, 5) is 25.9. The van der Waals surface area contributed by atoms with E-state index in [1.165, 1.54) is 12.1 Å². The molecule has 3 aromatic carbocycles. The summed E-state index contributed by atoms with van der Waals surface area (Å²) in [7, 11) is 4.01. The predicted molar refractivity (Wildman–Crippen MR) is 127 cm³/mol. The van der Waals surface area contributed by atoms with Gasteiger partial charge in [-0.3, -0.25) is 14.9 Å². The van der Waals surface area contributed by atoms with E-state index in [9.17, 15) is 14.9 Å². The maximum atomic E-state index is 13.0. The van der Waals surface area contributed by atoms with Crippen LogP contribution in [0, 0.1) is 10.1 Å². The zero-order valence-electron chi connectivity index (χ0n) is 17.6. The average molecular weight is 449 g/mol. The second-order valence-corrected chi connectivity index (χ2v) is 8.20. The van der Waals surface area contributed by atoms with Crippen LogP contribution in [0.2, 0.25) is 5.02 Å². The number of amides is 1. The minimum absolute atomic E-state index is 0.0868. The van der Waals surface area contributed by atoms with Gasteiger partial charge in [-0.15, -0.1) is 0 Å². The maximum Gasteiger partial charge on any atom is 0.270 e. The molecule has 0 saturated carbocycles. The monoisotopic (exact) mass is 448 g/mol. The number of nitrogens with one attached hydrogen (secondary N) is 2. The lowest BCUT2D eigenvalue weighted by Crippen LogP contribution is -2.11. The molecule has 0 bridgehead atoms. The van der Waals surface area contributed by atoms with E-state index >= 15 is 0 Å². The van der Waals surface area contributed by atoms with Crippen molar-refractivity contribution in [3.63, 3.8) is 0 Å². The quantitative estimate of drug-likeness (QED) is 0.306. The summed E-state index contributed by atoms with van der Waals surface area (Å²) in [5.74, 6) is -0.341. The molecule has 32 heavy (non-hydrogen) atoms. The van der Waals surface area contributed by atoms with Crippen LogP contribution < -0.4 is 10.6 Å². The highest BCUT2D eigenvalue weighted by atomic mass is 35.5. The molecule has 162 valence electrons. The van der Waals surface area contributed by atoms with Crippen molar-refractivity contribution >= 4 is 45.8 Å². The number of fused-ring (bicyclic) bond motifs is 1. The number of halogens is 1. The molecule has 4 rings (SSSR count). The third-order valence-corrected chi connectivity index (χ3v) is 5.28. The fraction of sp³-hybridized carbons (Fsp3) is 0.125. The molecule has 1 heterocycles. The molecule has 3 aromatic rings. The first kappa shape index (κ1) is 21.5. The van der Waals surface area contributed by atoms with Crippen molar-refractivity contribution in [3.05, 3.63) is 98.6 Å². The normalized spacial score (nSPS) is 14.2. The third-order valence-electron chi connectivity index (χ3n) is 5.04. The molecule has 1 amide bonds. The highest BCUT2D eigenvalue weighted by Gasteiger charge is 2.30. The van der Waals surface area contributed by atoms with Gasteiger partial charge in [-0.25, -0.2) is 0 Å². The van der Waals surface area contributed by atoms with Crippen LogP contribution in [-0.2, 0) is 11.3 Å². The van der Waals surface area contributed by atoms with Gasteiger partial charge in [-0.05, 0) is 50.0 Å². The molecule has 0 aromatic heterocycles. The van der Waals surface area contributed by atoms with E-state index in [0.717, 1.165) is 17.8 Å². The Bertz CT molecular complexity index is 1240. The smallest absolute Gasteiger partial charge is 0.270 e. The minimum Gasteiger partial charge on any atom is -0.354 e. The minimum atomic E-state index is -0.476. The van der Waals surface area contributed by atoms with Crippen molar-refractivity contribution in [1.29, 1.82) is 0 Å². The summed E-state index contributed by atoms with van der Waals surface area (Å²) in [6, 6.07) is 19.3. The number of hydrogen-bond acceptors (Lipinski definition) is 5. The molecule has 0 saturated heterocycles. The van der Waals surface area contributed by atoms with Crippen molar-refractivity contribution in [2.45, 2.75) is 6.54 Å². The van der Waals surface area contributed by atoms with Crippen molar-refractivity contribution in [2.75, 3.05) is 24.7 Å². The molecule has 8 heteroatoms. The van der Waals surface area contributed by atoms with Crippen LogP contribution in [0.1, 0.15) is 16.7 Å². The van der Waals surface area contributed by atoms with E-state index in [0.29, 0.717) is 33.1 Å². The van der Waals surface area contributed by atoms with Gasteiger partial charge in [0.25, 0.3) is 11.6 Å². The number of hydrogen-bond donors (Lipinski definition) is 2. The second-order valence-electron chi connectivity index (χ2n) is 7.76. The Balaban J connectivity index is 1.84. The molecule has 0 radical (unpaired) electrons. The number of carbonyl (C=O) groups excluding carboxylic acids is 1. The fourth-order valence-corrected chi connectivity index (χ4v) is 3.83. The van der Waals surface area contributed by atoms with Crippen LogP contribution in [0.4, 0.5) is 17.1 Å². The summed E-state index contributed by atoms with van der Waals surface area (Å²) >= 11 is 6.23. The summed E-state index contributed by atoms with van der Waals surface area (Å²) in [6.07, 6.45) is 0. The Morgan fingerprint density at radius 3 is 2.50 bits per heavy atom. The van der Waals surface area contributed by atoms with Gasteiger partial charge in [0.1, 0.15) is 0 Å². The summed E-state index contributed by atoms with van der Waals surface area (Å²) in [5, 5.41) is 18.0. The van der Waals surface area contributed by atoms with Crippen LogP contribution in [0.15, 0.2) is 66.7 Å². The molecule has 7 nitrogen and oxygen atoms in total.